The van der Waals surface area contributed by atoms with E-state index in [1.165, 1.54) is 31.3 Å². The van der Waals surface area contributed by atoms with Gasteiger partial charge in [0, 0.05) is 12.2 Å². The molecule has 1 aliphatic rings. The van der Waals surface area contributed by atoms with E-state index < -0.39 is 16.0 Å². The van der Waals surface area contributed by atoms with Gasteiger partial charge in [-0.25, -0.2) is 17.9 Å². The van der Waals surface area contributed by atoms with Crippen LogP contribution in [0.5, 0.6) is 0 Å². The molecule has 0 fully saturated rings. The van der Waals surface area contributed by atoms with Crippen molar-refractivity contribution in [2.75, 3.05) is 20.2 Å². The maximum absolute atomic E-state index is 12.5. The molecule has 148 valence electrons. The highest BCUT2D eigenvalue weighted by Crippen LogP contribution is 2.21. The largest absolute Gasteiger partial charge is 0.452 e. The van der Waals surface area contributed by atoms with E-state index in [-0.39, 0.29) is 23.0 Å². The van der Waals surface area contributed by atoms with Crippen LogP contribution in [0.3, 0.4) is 0 Å². The molecule has 0 atom stereocenters. The Hall–Kier alpha value is -2.19. The number of hydrogen-bond donors (Lipinski definition) is 1. The molecular formula is C19H26N2O5S. The number of rotatable bonds is 8. The lowest BCUT2D eigenvalue weighted by Gasteiger charge is -2.27. The summed E-state index contributed by atoms with van der Waals surface area (Å²) in [6.07, 6.45) is 6.91. The molecule has 0 aliphatic heterocycles. The Kier molecular flexibility index (Phi) is 7.55. The van der Waals surface area contributed by atoms with E-state index in [1.54, 1.807) is 4.90 Å². The summed E-state index contributed by atoms with van der Waals surface area (Å²) in [7, 11) is -2.25. The lowest BCUT2D eigenvalue weighted by molar-refractivity contribution is -0.132. The van der Waals surface area contributed by atoms with E-state index in [2.05, 4.69) is 10.8 Å². The van der Waals surface area contributed by atoms with Gasteiger partial charge in [0.05, 0.1) is 10.5 Å². The summed E-state index contributed by atoms with van der Waals surface area (Å²) >= 11 is 0. The number of allylic oxidation sites excluding steroid dienone is 2. The van der Waals surface area contributed by atoms with Crippen LogP contribution >= 0.6 is 0 Å². The van der Waals surface area contributed by atoms with E-state index >= 15 is 0 Å². The highest BCUT2D eigenvalue weighted by Gasteiger charge is 2.21. The van der Waals surface area contributed by atoms with Crippen LogP contribution in [0.2, 0.25) is 0 Å². The van der Waals surface area contributed by atoms with Crippen molar-refractivity contribution in [2.24, 2.45) is 0 Å². The molecule has 0 unspecified atom stereocenters. The first kappa shape index (κ1) is 21.1. The Bertz CT molecular complexity index is 800. The molecule has 1 aromatic rings. The van der Waals surface area contributed by atoms with E-state index in [1.807, 2.05) is 6.92 Å². The summed E-state index contributed by atoms with van der Waals surface area (Å²) in [6.45, 7) is 2.25. The molecule has 0 saturated heterocycles. The molecule has 1 aliphatic carbocycles. The number of amides is 1. The van der Waals surface area contributed by atoms with Crippen molar-refractivity contribution in [1.29, 1.82) is 0 Å². The molecule has 0 spiro atoms. The number of benzene rings is 1. The van der Waals surface area contributed by atoms with Crippen LogP contribution in [0.25, 0.3) is 0 Å². The van der Waals surface area contributed by atoms with Gasteiger partial charge in [-0.05, 0) is 63.4 Å². The molecule has 0 radical (unpaired) electrons. The zero-order chi connectivity index (χ0) is 19.9. The van der Waals surface area contributed by atoms with Gasteiger partial charge in [0.1, 0.15) is 0 Å². The third-order valence-electron chi connectivity index (χ3n) is 4.36. The van der Waals surface area contributed by atoms with Crippen molar-refractivity contribution in [2.45, 2.75) is 43.9 Å². The van der Waals surface area contributed by atoms with Gasteiger partial charge in [-0.3, -0.25) is 4.79 Å². The van der Waals surface area contributed by atoms with Gasteiger partial charge in [0.2, 0.25) is 10.0 Å². The minimum atomic E-state index is -3.57. The van der Waals surface area contributed by atoms with Crippen LogP contribution in [0, 0.1) is 0 Å². The zero-order valence-corrected chi connectivity index (χ0v) is 16.5. The monoisotopic (exact) mass is 394 g/mol. The number of ether oxygens (including phenoxy) is 1. The normalized spacial score (nSPS) is 14.4. The Morgan fingerprint density at radius 2 is 1.89 bits per heavy atom. The van der Waals surface area contributed by atoms with Crippen LogP contribution < -0.4 is 4.72 Å². The van der Waals surface area contributed by atoms with Crippen molar-refractivity contribution in [3.8, 4) is 0 Å². The third-order valence-corrected chi connectivity index (χ3v) is 5.79. The fourth-order valence-corrected chi connectivity index (χ4v) is 3.63. The van der Waals surface area contributed by atoms with E-state index in [9.17, 15) is 18.0 Å². The first-order valence-electron chi connectivity index (χ1n) is 9.09. The van der Waals surface area contributed by atoms with E-state index in [4.69, 9.17) is 4.74 Å². The van der Waals surface area contributed by atoms with Crippen LogP contribution in [-0.2, 0) is 19.6 Å². The second-order valence-electron chi connectivity index (χ2n) is 6.29. The Morgan fingerprint density at radius 3 is 2.44 bits per heavy atom. The second-order valence-corrected chi connectivity index (χ2v) is 8.18. The summed E-state index contributed by atoms with van der Waals surface area (Å²) in [5, 5.41) is 0. The van der Waals surface area contributed by atoms with Crippen molar-refractivity contribution >= 4 is 21.9 Å². The van der Waals surface area contributed by atoms with Crippen molar-refractivity contribution in [1.82, 2.24) is 9.62 Å². The highest BCUT2D eigenvalue weighted by atomic mass is 32.2. The van der Waals surface area contributed by atoms with Gasteiger partial charge >= 0.3 is 5.97 Å². The molecule has 1 aromatic carbocycles. The van der Waals surface area contributed by atoms with E-state index in [0.717, 1.165) is 37.8 Å². The molecule has 2 rings (SSSR count). The number of nitrogens with one attached hydrogen (secondary N) is 1. The summed E-state index contributed by atoms with van der Waals surface area (Å²) in [5.41, 5.74) is 1.20. The van der Waals surface area contributed by atoms with Crippen molar-refractivity contribution in [3.05, 3.63) is 41.6 Å². The molecule has 7 nitrogen and oxygen atoms in total. The lowest BCUT2D eigenvalue weighted by Crippen LogP contribution is -2.35. The highest BCUT2D eigenvalue weighted by molar-refractivity contribution is 7.89. The fraction of sp³-hybridized carbons (Fsp3) is 0.474. The Morgan fingerprint density at radius 1 is 1.19 bits per heavy atom. The number of nitrogens with zero attached hydrogens (tertiary/aromatic N) is 1. The molecule has 0 saturated carbocycles. The minimum Gasteiger partial charge on any atom is -0.452 e. The van der Waals surface area contributed by atoms with Gasteiger partial charge in [-0.15, -0.1) is 0 Å². The van der Waals surface area contributed by atoms with Gasteiger partial charge in [0.25, 0.3) is 5.91 Å². The average Bonchev–Trinajstić information content (AvgIpc) is 2.70. The summed E-state index contributed by atoms with van der Waals surface area (Å²) in [6, 6.07) is 5.37. The molecule has 0 bridgehead atoms. The van der Waals surface area contributed by atoms with E-state index in [0.29, 0.717) is 6.54 Å². The minimum absolute atomic E-state index is 0.0518. The Labute approximate surface area is 160 Å². The standard InChI is InChI=1S/C19H26N2O5S/c1-3-13-21(16-7-5-4-6-8-16)18(22)14-26-19(23)15-9-11-17(12-10-15)27(24,25)20-2/h7,9-12,20H,3-6,8,13-14H2,1-2H3. The van der Waals surface area contributed by atoms with Crippen LogP contribution in [0.1, 0.15) is 49.4 Å². The van der Waals surface area contributed by atoms with Crippen molar-refractivity contribution in [3.63, 3.8) is 0 Å². The van der Waals surface area contributed by atoms with Crippen molar-refractivity contribution < 1.29 is 22.7 Å². The maximum Gasteiger partial charge on any atom is 0.338 e. The topological polar surface area (TPSA) is 92.8 Å². The van der Waals surface area contributed by atoms with Gasteiger partial charge in [0.15, 0.2) is 6.61 Å². The summed E-state index contributed by atoms with van der Waals surface area (Å²) in [5.74, 6) is -0.904. The molecule has 1 N–H and O–H groups in total. The summed E-state index contributed by atoms with van der Waals surface area (Å²) < 4.78 is 30.7. The predicted molar refractivity (Wildman–Crippen MR) is 102 cm³/mol. The smallest absolute Gasteiger partial charge is 0.338 e. The molecule has 0 heterocycles. The van der Waals surface area contributed by atoms with Gasteiger partial charge in [-0.1, -0.05) is 13.0 Å². The first-order valence-corrected chi connectivity index (χ1v) is 10.6. The third kappa shape index (κ3) is 5.64. The van der Waals surface area contributed by atoms with Crippen LogP contribution in [0.4, 0.5) is 0 Å². The number of carbonyl (C=O) groups is 2. The van der Waals surface area contributed by atoms with Gasteiger partial charge < -0.3 is 9.64 Å². The molecule has 0 aromatic heterocycles. The molecule has 27 heavy (non-hydrogen) atoms. The average molecular weight is 394 g/mol. The SMILES string of the molecule is CCCN(C(=O)COC(=O)c1ccc(S(=O)(=O)NC)cc1)C1=CCCCC1. The number of carbonyl (C=O) groups excluding carboxylic acids is 2. The molecule has 8 heteroatoms. The number of sulfonamides is 1. The lowest BCUT2D eigenvalue weighted by atomic mass is 10.0. The number of hydrogen-bond acceptors (Lipinski definition) is 5. The van der Waals surface area contributed by atoms with Gasteiger partial charge in [-0.2, -0.15) is 0 Å². The fourth-order valence-electron chi connectivity index (χ4n) is 2.89. The molecule has 1 amide bonds. The quantitative estimate of drug-likeness (QED) is 0.684. The predicted octanol–water partition coefficient (Wildman–Crippen LogP) is 2.45. The second kappa shape index (κ2) is 9.66. The Balaban J connectivity index is 1.99. The summed E-state index contributed by atoms with van der Waals surface area (Å²) in [4.78, 5) is 26.4. The zero-order valence-electron chi connectivity index (χ0n) is 15.7. The first-order chi connectivity index (χ1) is 12.9. The maximum atomic E-state index is 12.5. The number of esters is 1. The van der Waals surface area contributed by atoms with Crippen LogP contribution in [0.15, 0.2) is 40.9 Å². The van der Waals surface area contributed by atoms with Crippen LogP contribution in [-0.4, -0.2) is 45.4 Å². The molecular weight excluding hydrogens is 368 g/mol.